The number of hydrogen-bond donors (Lipinski definition) is 0. The molecule has 2 rings (SSSR count). The molecule has 1 aromatic carbocycles. The predicted molar refractivity (Wildman–Crippen MR) is 56.7 cm³/mol. The Morgan fingerprint density at radius 3 is 2.69 bits per heavy atom. The highest BCUT2D eigenvalue weighted by molar-refractivity contribution is 7.22. The number of aryl methyl sites for hydroxylation is 1. The molecule has 0 spiro atoms. The fraction of sp³-hybridized carbons (Fsp3) is 0.100. The Hall–Kier alpha value is -0.860. The van der Waals surface area contributed by atoms with Gasteiger partial charge in [-0.1, -0.05) is 18.2 Å². The van der Waals surface area contributed by atoms with Crippen LogP contribution in [0.3, 0.4) is 0 Å². The van der Waals surface area contributed by atoms with E-state index in [0.717, 1.165) is 15.6 Å². The molecule has 0 saturated carbocycles. The van der Waals surface area contributed by atoms with E-state index < -0.39 is 0 Å². The molecule has 0 atom stereocenters. The van der Waals surface area contributed by atoms with Crippen LogP contribution in [0.2, 0.25) is 0 Å². The minimum Gasteiger partial charge on any atom is -0.275 e. The highest BCUT2D eigenvalue weighted by Crippen LogP contribution is 2.31. The van der Waals surface area contributed by atoms with Crippen molar-refractivity contribution in [2.24, 2.45) is 0 Å². The van der Waals surface area contributed by atoms with Gasteiger partial charge in [0.15, 0.2) is 0 Å². The first-order valence-corrected chi connectivity index (χ1v) is 5.07. The van der Waals surface area contributed by atoms with Crippen molar-refractivity contribution in [1.82, 2.24) is 0 Å². The lowest BCUT2D eigenvalue weighted by Gasteiger charge is -1.89. The van der Waals surface area contributed by atoms with Gasteiger partial charge >= 0.3 is 0 Å². The maximum Gasteiger partial charge on any atom is 0.262 e. The zero-order chi connectivity index (χ0) is 9.42. The monoisotopic (exact) mass is 210 g/mol. The first-order chi connectivity index (χ1) is 6.20. The Morgan fingerprint density at radius 2 is 2.08 bits per heavy atom. The molecule has 0 radical (unpaired) electrons. The SMILES string of the molecule is Cc1c(C(=O)Cl)sc2ccccc12. The van der Waals surface area contributed by atoms with Crippen LogP contribution in [-0.4, -0.2) is 5.24 Å². The van der Waals surface area contributed by atoms with E-state index in [1.807, 2.05) is 31.2 Å². The molecule has 0 saturated heterocycles. The van der Waals surface area contributed by atoms with Crippen LogP contribution in [0.25, 0.3) is 10.1 Å². The first kappa shape index (κ1) is 8.73. The molecule has 13 heavy (non-hydrogen) atoms. The Kier molecular flexibility index (Phi) is 2.10. The normalized spacial score (nSPS) is 10.6. The molecule has 0 aliphatic carbocycles. The van der Waals surface area contributed by atoms with Crippen molar-refractivity contribution in [3.63, 3.8) is 0 Å². The number of halogens is 1. The van der Waals surface area contributed by atoms with Crippen LogP contribution in [0.1, 0.15) is 15.2 Å². The van der Waals surface area contributed by atoms with Crippen molar-refractivity contribution in [3.05, 3.63) is 34.7 Å². The van der Waals surface area contributed by atoms with Crippen LogP contribution in [-0.2, 0) is 0 Å². The molecule has 1 nitrogen and oxygen atoms in total. The number of rotatable bonds is 1. The molecule has 0 amide bonds. The number of carbonyl (C=O) groups excluding carboxylic acids is 1. The summed E-state index contributed by atoms with van der Waals surface area (Å²) in [6, 6.07) is 7.92. The third-order valence-corrected chi connectivity index (χ3v) is 3.59. The van der Waals surface area contributed by atoms with Crippen molar-refractivity contribution >= 4 is 38.3 Å². The van der Waals surface area contributed by atoms with E-state index in [0.29, 0.717) is 4.88 Å². The van der Waals surface area contributed by atoms with Gasteiger partial charge in [-0.3, -0.25) is 4.79 Å². The number of carbonyl (C=O) groups is 1. The van der Waals surface area contributed by atoms with Gasteiger partial charge < -0.3 is 0 Å². The molecule has 0 bridgehead atoms. The standard InChI is InChI=1S/C10H7ClOS/c1-6-7-4-2-3-5-8(7)13-9(6)10(11)12/h2-5H,1H3. The summed E-state index contributed by atoms with van der Waals surface area (Å²) in [4.78, 5) is 11.7. The molecule has 0 aliphatic rings. The molecule has 66 valence electrons. The van der Waals surface area contributed by atoms with Gasteiger partial charge in [-0.15, -0.1) is 11.3 Å². The van der Waals surface area contributed by atoms with Gasteiger partial charge in [0, 0.05) is 4.70 Å². The van der Waals surface area contributed by atoms with Gasteiger partial charge in [0.25, 0.3) is 5.24 Å². The van der Waals surface area contributed by atoms with E-state index in [1.165, 1.54) is 11.3 Å². The third kappa shape index (κ3) is 1.36. The maximum atomic E-state index is 11.0. The summed E-state index contributed by atoms with van der Waals surface area (Å²) in [6.07, 6.45) is 0. The fourth-order valence-corrected chi connectivity index (χ4v) is 2.66. The molecule has 0 fully saturated rings. The summed E-state index contributed by atoms with van der Waals surface area (Å²) in [7, 11) is 0. The second-order valence-corrected chi connectivity index (χ2v) is 4.22. The number of hydrogen-bond acceptors (Lipinski definition) is 2. The van der Waals surface area contributed by atoms with Gasteiger partial charge in [0.05, 0.1) is 4.88 Å². The van der Waals surface area contributed by atoms with Crippen molar-refractivity contribution in [3.8, 4) is 0 Å². The molecular weight excluding hydrogens is 204 g/mol. The lowest BCUT2D eigenvalue weighted by Crippen LogP contribution is -1.84. The van der Waals surface area contributed by atoms with E-state index in [1.54, 1.807) is 0 Å². The average molecular weight is 211 g/mol. The largest absolute Gasteiger partial charge is 0.275 e. The Bertz CT molecular complexity index is 473. The minimum absolute atomic E-state index is 0.362. The van der Waals surface area contributed by atoms with Crippen LogP contribution in [0, 0.1) is 6.92 Å². The number of benzene rings is 1. The maximum absolute atomic E-state index is 11.0. The summed E-state index contributed by atoms with van der Waals surface area (Å²) in [5.74, 6) is 0. The van der Waals surface area contributed by atoms with E-state index in [4.69, 9.17) is 11.6 Å². The van der Waals surface area contributed by atoms with Crippen molar-refractivity contribution < 1.29 is 4.79 Å². The Balaban J connectivity index is 2.81. The number of fused-ring (bicyclic) bond motifs is 1. The number of thiophene rings is 1. The first-order valence-electron chi connectivity index (χ1n) is 3.88. The smallest absolute Gasteiger partial charge is 0.262 e. The third-order valence-electron chi connectivity index (χ3n) is 2.02. The zero-order valence-corrected chi connectivity index (χ0v) is 8.58. The lowest BCUT2D eigenvalue weighted by molar-refractivity contribution is 0.108. The molecule has 3 heteroatoms. The summed E-state index contributed by atoms with van der Waals surface area (Å²) in [5, 5.41) is 0.759. The summed E-state index contributed by atoms with van der Waals surface area (Å²) in [6.45, 7) is 1.93. The zero-order valence-electron chi connectivity index (χ0n) is 7.00. The fourth-order valence-electron chi connectivity index (χ4n) is 1.36. The van der Waals surface area contributed by atoms with Gasteiger partial charge in [-0.2, -0.15) is 0 Å². The van der Waals surface area contributed by atoms with Crippen LogP contribution >= 0.6 is 22.9 Å². The molecular formula is C10H7ClOS. The van der Waals surface area contributed by atoms with Gasteiger partial charge in [-0.25, -0.2) is 0 Å². The molecule has 0 aliphatic heterocycles. The van der Waals surface area contributed by atoms with Gasteiger partial charge in [0.2, 0.25) is 0 Å². The van der Waals surface area contributed by atoms with Crippen LogP contribution in [0.15, 0.2) is 24.3 Å². The van der Waals surface area contributed by atoms with Crippen molar-refractivity contribution in [1.29, 1.82) is 0 Å². The molecule has 0 N–H and O–H groups in total. The van der Waals surface area contributed by atoms with Crippen molar-refractivity contribution in [2.75, 3.05) is 0 Å². The topological polar surface area (TPSA) is 17.1 Å². The highest BCUT2D eigenvalue weighted by Gasteiger charge is 2.12. The van der Waals surface area contributed by atoms with E-state index in [2.05, 4.69) is 0 Å². The second-order valence-electron chi connectivity index (χ2n) is 2.83. The molecule has 1 heterocycles. The quantitative estimate of drug-likeness (QED) is 0.658. The highest BCUT2D eigenvalue weighted by atomic mass is 35.5. The minimum atomic E-state index is -0.362. The predicted octanol–water partition coefficient (Wildman–Crippen LogP) is 3.59. The summed E-state index contributed by atoms with van der Waals surface area (Å²) >= 11 is 6.90. The van der Waals surface area contributed by atoms with E-state index in [9.17, 15) is 4.79 Å². The van der Waals surface area contributed by atoms with Gasteiger partial charge in [0.1, 0.15) is 0 Å². The molecule has 1 aromatic heterocycles. The van der Waals surface area contributed by atoms with Crippen LogP contribution in [0.4, 0.5) is 0 Å². The van der Waals surface area contributed by atoms with Crippen molar-refractivity contribution in [2.45, 2.75) is 6.92 Å². The van der Waals surface area contributed by atoms with Crippen LogP contribution < -0.4 is 0 Å². The second kappa shape index (κ2) is 3.13. The Morgan fingerprint density at radius 1 is 1.38 bits per heavy atom. The lowest BCUT2D eigenvalue weighted by atomic mass is 10.1. The average Bonchev–Trinajstić information content (AvgIpc) is 2.45. The molecule has 2 aromatic rings. The van der Waals surface area contributed by atoms with E-state index >= 15 is 0 Å². The van der Waals surface area contributed by atoms with Gasteiger partial charge in [-0.05, 0) is 35.5 Å². The van der Waals surface area contributed by atoms with E-state index in [-0.39, 0.29) is 5.24 Å². The summed E-state index contributed by atoms with van der Waals surface area (Å²) < 4.78 is 1.11. The Labute approximate surface area is 84.9 Å². The molecule has 0 unspecified atom stereocenters. The summed E-state index contributed by atoms with van der Waals surface area (Å²) in [5.41, 5.74) is 0.987. The van der Waals surface area contributed by atoms with Crippen LogP contribution in [0.5, 0.6) is 0 Å².